The van der Waals surface area contributed by atoms with Crippen LogP contribution in [0.1, 0.15) is 32.6 Å². The minimum Gasteiger partial charge on any atom is -0.494 e. The zero-order valence-corrected chi connectivity index (χ0v) is 11.7. The SMILES string of the molecule is COc1ccc(NC(C)CC2CCCCN2)cc1F. The number of methoxy groups -OCH3 is 1. The first-order chi connectivity index (χ1) is 9.19. The molecule has 0 radical (unpaired) electrons. The number of hydrogen-bond donors (Lipinski definition) is 2. The van der Waals surface area contributed by atoms with Crippen LogP contribution >= 0.6 is 0 Å². The first kappa shape index (κ1) is 14.1. The summed E-state index contributed by atoms with van der Waals surface area (Å²) >= 11 is 0. The molecule has 19 heavy (non-hydrogen) atoms. The number of ether oxygens (including phenoxy) is 1. The summed E-state index contributed by atoms with van der Waals surface area (Å²) in [4.78, 5) is 0. The highest BCUT2D eigenvalue weighted by Crippen LogP contribution is 2.22. The fourth-order valence-electron chi connectivity index (χ4n) is 2.65. The van der Waals surface area contributed by atoms with Gasteiger partial charge in [0.15, 0.2) is 11.6 Å². The van der Waals surface area contributed by atoms with Crippen LogP contribution in [-0.2, 0) is 0 Å². The molecule has 1 aromatic rings. The van der Waals surface area contributed by atoms with E-state index in [1.54, 1.807) is 6.07 Å². The Labute approximate surface area is 114 Å². The molecule has 1 aliphatic rings. The van der Waals surface area contributed by atoms with Crippen molar-refractivity contribution in [3.63, 3.8) is 0 Å². The fourth-order valence-corrected chi connectivity index (χ4v) is 2.65. The maximum Gasteiger partial charge on any atom is 0.167 e. The predicted molar refractivity (Wildman–Crippen MR) is 76.3 cm³/mol. The van der Waals surface area contributed by atoms with Gasteiger partial charge in [-0.3, -0.25) is 0 Å². The quantitative estimate of drug-likeness (QED) is 0.859. The van der Waals surface area contributed by atoms with Gasteiger partial charge in [0.1, 0.15) is 0 Å². The molecule has 1 fully saturated rings. The topological polar surface area (TPSA) is 33.3 Å². The molecular formula is C15H23FN2O. The Bertz CT molecular complexity index is 405. The van der Waals surface area contributed by atoms with E-state index in [1.807, 2.05) is 6.07 Å². The minimum atomic E-state index is -0.324. The number of hydrogen-bond acceptors (Lipinski definition) is 3. The van der Waals surface area contributed by atoms with Crippen molar-refractivity contribution in [3.8, 4) is 5.75 Å². The predicted octanol–water partition coefficient (Wildman–Crippen LogP) is 3.17. The van der Waals surface area contributed by atoms with Gasteiger partial charge in [0.2, 0.25) is 0 Å². The van der Waals surface area contributed by atoms with Crippen molar-refractivity contribution in [2.45, 2.75) is 44.7 Å². The van der Waals surface area contributed by atoms with Crippen molar-refractivity contribution in [1.82, 2.24) is 5.32 Å². The van der Waals surface area contributed by atoms with Gasteiger partial charge < -0.3 is 15.4 Å². The van der Waals surface area contributed by atoms with E-state index in [4.69, 9.17) is 4.74 Å². The number of nitrogens with one attached hydrogen (secondary N) is 2. The molecule has 4 heteroatoms. The standard InChI is InChI=1S/C15H23FN2O/c1-11(9-12-5-3-4-8-17-12)18-13-6-7-15(19-2)14(16)10-13/h6-7,10-12,17-18H,3-5,8-9H2,1-2H3. The average molecular weight is 266 g/mol. The van der Waals surface area contributed by atoms with Gasteiger partial charge in [-0.05, 0) is 44.9 Å². The van der Waals surface area contributed by atoms with Crippen molar-refractivity contribution in [2.75, 3.05) is 19.0 Å². The lowest BCUT2D eigenvalue weighted by Crippen LogP contribution is -2.37. The first-order valence-electron chi connectivity index (χ1n) is 7.02. The highest BCUT2D eigenvalue weighted by molar-refractivity contribution is 5.47. The van der Waals surface area contributed by atoms with E-state index in [2.05, 4.69) is 17.6 Å². The summed E-state index contributed by atoms with van der Waals surface area (Å²) in [6.07, 6.45) is 4.89. The molecule has 2 rings (SSSR count). The van der Waals surface area contributed by atoms with E-state index in [9.17, 15) is 4.39 Å². The summed E-state index contributed by atoms with van der Waals surface area (Å²) in [5.41, 5.74) is 0.807. The Morgan fingerprint density at radius 3 is 2.95 bits per heavy atom. The Hall–Kier alpha value is -1.29. The highest BCUT2D eigenvalue weighted by atomic mass is 19.1. The molecule has 0 aromatic heterocycles. The number of anilines is 1. The van der Waals surface area contributed by atoms with E-state index < -0.39 is 0 Å². The molecular weight excluding hydrogens is 243 g/mol. The van der Waals surface area contributed by atoms with Crippen LogP contribution < -0.4 is 15.4 Å². The Balaban J connectivity index is 1.87. The summed E-state index contributed by atoms with van der Waals surface area (Å²) < 4.78 is 18.5. The third-order valence-electron chi connectivity index (χ3n) is 3.62. The number of rotatable bonds is 5. The zero-order chi connectivity index (χ0) is 13.7. The Morgan fingerprint density at radius 1 is 1.47 bits per heavy atom. The molecule has 2 unspecified atom stereocenters. The molecule has 0 aliphatic carbocycles. The summed E-state index contributed by atoms with van der Waals surface area (Å²) in [5, 5.41) is 6.88. The zero-order valence-electron chi connectivity index (χ0n) is 11.7. The van der Waals surface area contributed by atoms with Gasteiger partial charge in [0.05, 0.1) is 7.11 Å². The maximum absolute atomic E-state index is 13.6. The molecule has 0 spiro atoms. The fraction of sp³-hybridized carbons (Fsp3) is 0.600. The van der Waals surface area contributed by atoms with Gasteiger partial charge in [-0.1, -0.05) is 6.42 Å². The second kappa shape index (κ2) is 6.75. The summed E-state index contributed by atoms with van der Waals surface area (Å²) in [7, 11) is 1.48. The van der Waals surface area contributed by atoms with E-state index in [0.717, 1.165) is 18.7 Å². The Morgan fingerprint density at radius 2 is 2.32 bits per heavy atom. The van der Waals surface area contributed by atoms with Crippen molar-refractivity contribution < 1.29 is 9.13 Å². The van der Waals surface area contributed by atoms with Crippen LogP contribution in [0.2, 0.25) is 0 Å². The maximum atomic E-state index is 13.6. The molecule has 1 aliphatic heterocycles. The van der Waals surface area contributed by atoms with Gasteiger partial charge in [-0.25, -0.2) is 4.39 Å². The van der Waals surface area contributed by atoms with Gasteiger partial charge in [-0.15, -0.1) is 0 Å². The molecule has 0 bridgehead atoms. The van der Waals surface area contributed by atoms with Gasteiger partial charge in [0.25, 0.3) is 0 Å². The van der Waals surface area contributed by atoms with Crippen LogP contribution in [0.3, 0.4) is 0 Å². The third kappa shape index (κ3) is 4.10. The van der Waals surface area contributed by atoms with Gasteiger partial charge in [0, 0.05) is 23.8 Å². The number of halogens is 1. The minimum absolute atomic E-state index is 0.284. The molecule has 1 heterocycles. The normalized spacial score (nSPS) is 20.9. The number of piperidine rings is 1. The second-order valence-corrected chi connectivity index (χ2v) is 5.28. The third-order valence-corrected chi connectivity index (χ3v) is 3.62. The summed E-state index contributed by atoms with van der Waals surface area (Å²) in [6.45, 7) is 3.26. The molecule has 2 atom stereocenters. The second-order valence-electron chi connectivity index (χ2n) is 5.28. The van der Waals surface area contributed by atoms with Crippen LogP contribution in [0.25, 0.3) is 0 Å². The van der Waals surface area contributed by atoms with E-state index in [0.29, 0.717) is 12.1 Å². The van der Waals surface area contributed by atoms with Crippen molar-refractivity contribution in [3.05, 3.63) is 24.0 Å². The van der Waals surface area contributed by atoms with Crippen molar-refractivity contribution in [1.29, 1.82) is 0 Å². The lowest BCUT2D eigenvalue weighted by Gasteiger charge is -2.27. The van der Waals surface area contributed by atoms with Crippen LogP contribution in [0.4, 0.5) is 10.1 Å². The molecule has 2 N–H and O–H groups in total. The number of benzene rings is 1. The summed E-state index contributed by atoms with van der Waals surface area (Å²) in [5.74, 6) is -0.0392. The monoisotopic (exact) mass is 266 g/mol. The molecule has 106 valence electrons. The lowest BCUT2D eigenvalue weighted by atomic mass is 9.98. The van der Waals surface area contributed by atoms with Crippen molar-refractivity contribution in [2.24, 2.45) is 0 Å². The Kier molecular flexibility index (Phi) is 5.02. The van der Waals surface area contributed by atoms with Crippen LogP contribution in [-0.4, -0.2) is 25.7 Å². The van der Waals surface area contributed by atoms with Crippen molar-refractivity contribution >= 4 is 5.69 Å². The molecule has 1 aromatic carbocycles. The van der Waals surface area contributed by atoms with Gasteiger partial charge >= 0.3 is 0 Å². The molecule has 0 amide bonds. The van der Waals surface area contributed by atoms with E-state index >= 15 is 0 Å². The smallest absolute Gasteiger partial charge is 0.167 e. The van der Waals surface area contributed by atoms with Crippen LogP contribution in [0.5, 0.6) is 5.75 Å². The van der Waals surface area contributed by atoms with E-state index in [-0.39, 0.29) is 11.6 Å². The summed E-state index contributed by atoms with van der Waals surface area (Å²) in [6, 6.07) is 5.90. The highest BCUT2D eigenvalue weighted by Gasteiger charge is 2.16. The lowest BCUT2D eigenvalue weighted by molar-refractivity contribution is 0.371. The average Bonchev–Trinajstić information content (AvgIpc) is 2.40. The molecule has 0 saturated carbocycles. The first-order valence-corrected chi connectivity index (χ1v) is 7.02. The van der Waals surface area contributed by atoms with Crippen LogP contribution in [0.15, 0.2) is 18.2 Å². The van der Waals surface area contributed by atoms with Gasteiger partial charge in [-0.2, -0.15) is 0 Å². The molecule has 1 saturated heterocycles. The largest absolute Gasteiger partial charge is 0.494 e. The van der Waals surface area contributed by atoms with Crippen LogP contribution in [0, 0.1) is 5.82 Å². The molecule has 3 nitrogen and oxygen atoms in total. The van der Waals surface area contributed by atoms with E-state index in [1.165, 1.54) is 32.4 Å².